The highest BCUT2D eigenvalue weighted by atomic mass is 16.6. The minimum atomic E-state index is -1.24. The van der Waals surface area contributed by atoms with Crippen molar-refractivity contribution in [3.8, 4) is 0 Å². The Bertz CT molecular complexity index is 984. The van der Waals surface area contributed by atoms with Crippen LogP contribution in [0.2, 0.25) is 0 Å². The predicted octanol–water partition coefficient (Wildman–Crippen LogP) is 3.34. The second kappa shape index (κ2) is 6.80. The average Bonchev–Trinajstić information content (AvgIpc) is 3.04. The Morgan fingerprint density at radius 3 is 2.71 bits per heavy atom. The molecule has 6 heteroatoms. The number of aliphatic hydroxyl groups is 1. The van der Waals surface area contributed by atoms with E-state index in [1.54, 1.807) is 17.0 Å². The molecule has 2 amide bonds. The number of carbonyl (C=O) groups is 2. The molecule has 2 aromatic carbocycles. The van der Waals surface area contributed by atoms with Gasteiger partial charge in [0.15, 0.2) is 6.23 Å². The van der Waals surface area contributed by atoms with Crippen LogP contribution in [0.15, 0.2) is 49.1 Å². The molecule has 2 atom stereocenters. The Hall–Kier alpha value is -3.12. The number of carbonyl (C=O) groups excluding carboxylic acids is 2. The van der Waals surface area contributed by atoms with Crippen LogP contribution in [0, 0.1) is 13.8 Å². The van der Waals surface area contributed by atoms with Crippen LogP contribution in [0.25, 0.3) is 0 Å². The standard InChI is InChI=1S/C22H22N2O4/c1-4-9-28-22(27)24-18-11-14(3)13(2)10-16(18)20(25)23-17-8-6-5-7-15(17)12-19(23)21(24)26/h4-8,10-11,19,21,26H,1,9,12H2,2-3H3/t19-,21?/m0/s1. The van der Waals surface area contributed by atoms with Crippen LogP contribution >= 0.6 is 0 Å². The lowest BCUT2D eigenvalue weighted by Crippen LogP contribution is -2.52. The van der Waals surface area contributed by atoms with Crippen LogP contribution in [0.1, 0.15) is 27.0 Å². The van der Waals surface area contributed by atoms with Crippen LogP contribution in [-0.2, 0) is 11.2 Å². The summed E-state index contributed by atoms with van der Waals surface area (Å²) in [6, 6.07) is 10.5. The minimum Gasteiger partial charge on any atom is -0.445 e. The van der Waals surface area contributed by atoms with Gasteiger partial charge in [0.2, 0.25) is 0 Å². The maximum absolute atomic E-state index is 13.5. The van der Waals surface area contributed by atoms with Crippen molar-refractivity contribution in [1.29, 1.82) is 0 Å². The first-order valence-electron chi connectivity index (χ1n) is 9.21. The molecule has 0 fully saturated rings. The number of hydrogen-bond acceptors (Lipinski definition) is 4. The largest absolute Gasteiger partial charge is 0.445 e. The molecule has 4 rings (SSSR count). The molecule has 0 saturated carbocycles. The van der Waals surface area contributed by atoms with Crippen molar-refractivity contribution in [1.82, 2.24) is 0 Å². The summed E-state index contributed by atoms with van der Waals surface area (Å²) < 4.78 is 5.22. The van der Waals surface area contributed by atoms with Gasteiger partial charge in [0, 0.05) is 5.69 Å². The molecular formula is C22H22N2O4. The Kier molecular flexibility index (Phi) is 4.43. The number of aryl methyl sites for hydroxylation is 2. The zero-order valence-electron chi connectivity index (χ0n) is 15.9. The number of para-hydroxylation sites is 1. The fourth-order valence-corrected chi connectivity index (χ4v) is 3.93. The molecule has 0 aliphatic carbocycles. The topological polar surface area (TPSA) is 70.1 Å². The number of fused-ring (bicyclic) bond motifs is 4. The third-order valence-electron chi connectivity index (χ3n) is 5.46. The number of benzene rings is 2. The second-order valence-electron chi connectivity index (χ2n) is 7.18. The zero-order valence-corrected chi connectivity index (χ0v) is 15.9. The van der Waals surface area contributed by atoms with E-state index in [2.05, 4.69) is 6.58 Å². The molecule has 0 spiro atoms. The summed E-state index contributed by atoms with van der Waals surface area (Å²) in [6.07, 6.45) is -0.0217. The number of rotatable bonds is 2. The highest BCUT2D eigenvalue weighted by Gasteiger charge is 2.47. The van der Waals surface area contributed by atoms with Crippen LogP contribution in [-0.4, -0.2) is 36.0 Å². The summed E-state index contributed by atoms with van der Waals surface area (Å²) in [5.74, 6) is -0.230. The summed E-state index contributed by atoms with van der Waals surface area (Å²) in [4.78, 5) is 29.1. The third-order valence-corrected chi connectivity index (χ3v) is 5.46. The van der Waals surface area contributed by atoms with E-state index in [9.17, 15) is 14.7 Å². The molecule has 1 unspecified atom stereocenters. The van der Waals surface area contributed by atoms with Gasteiger partial charge in [-0.3, -0.25) is 4.79 Å². The summed E-state index contributed by atoms with van der Waals surface area (Å²) >= 11 is 0. The monoisotopic (exact) mass is 378 g/mol. The second-order valence-corrected chi connectivity index (χ2v) is 7.18. The van der Waals surface area contributed by atoms with E-state index in [1.807, 2.05) is 38.1 Å². The molecule has 144 valence electrons. The Morgan fingerprint density at radius 2 is 1.96 bits per heavy atom. The van der Waals surface area contributed by atoms with Gasteiger partial charge in [-0.05, 0) is 55.2 Å². The van der Waals surface area contributed by atoms with Crippen molar-refractivity contribution in [2.45, 2.75) is 32.5 Å². The molecule has 1 N–H and O–H groups in total. The van der Waals surface area contributed by atoms with Crippen LogP contribution in [0.3, 0.4) is 0 Å². The number of nitrogens with zero attached hydrogens (tertiary/aromatic N) is 2. The predicted molar refractivity (Wildman–Crippen MR) is 107 cm³/mol. The summed E-state index contributed by atoms with van der Waals surface area (Å²) in [5, 5.41) is 11.2. The van der Waals surface area contributed by atoms with Gasteiger partial charge in [-0.15, -0.1) is 0 Å². The highest BCUT2D eigenvalue weighted by molar-refractivity contribution is 6.14. The van der Waals surface area contributed by atoms with Crippen LogP contribution in [0.5, 0.6) is 0 Å². The number of hydrogen-bond donors (Lipinski definition) is 1. The maximum atomic E-state index is 13.5. The summed E-state index contributed by atoms with van der Waals surface area (Å²) in [6.45, 7) is 7.40. The molecule has 2 aromatic rings. The van der Waals surface area contributed by atoms with E-state index in [-0.39, 0.29) is 12.5 Å². The van der Waals surface area contributed by atoms with Crippen molar-refractivity contribution in [3.05, 3.63) is 71.3 Å². The fourth-order valence-electron chi connectivity index (χ4n) is 3.93. The highest BCUT2D eigenvalue weighted by Crippen LogP contribution is 2.41. The number of amides is 2. The van der Waals surface area contributed by atoms with Crippen molar-refractivity contribution >= 4 is 23.4 Å². The summed E-state index contributed by atoms with van der Waals surface area (Å²) in [5.41, 5.74) is 4.32. The van der Waals surface area contributed by atoms with E-state index in [4.69, 9.17) is 4.74 Å². The fraction of sp³-hybridized carbons (Fsp3) is 0.273. The first kappa shape index (κ1) is 18.3. The lowest BCUT2D eigenvalue weighted by molar-refractivity contribution is 0.0916. The summed E-state index contributed by atoms with van der Waals surface area (Å²) in [7, 11) is 0. The Morgan fingerprint density at radius 1 is 1.25 bits per heavy atom. The van der Waals surface area contributed by atoms with Gasteiger partial charge >= 0.3 is 6.09 Å². The SMILES string of the molecule is C=CCOC(=O)N1c2cc(C)c(C)cc2C(=O)N2c3ccccc3C[C@H]2C1O. The molecule has 2 aliphatic heterocycles. The smallest absolute Gasteiger partial charge is 0.416 e. The van der Waals surface area contributed by atoms with Crippen molar-refractivity contribution in [2.75, 3.05) is 16.4 Å². The van der Waals surface area contributed by atoms with Crippen molar-refractivity contribution in [2.24, 2.45) is 0 Å². The van der Waals surface area contributed by atoms with Crippen molar-refractivity contribution < 1.29 is 19.4 Å². The molecule has 0 aromatic heterocycles. The van der Waals surface area contributed by atoms with Crippen LogP contribution < -0.4 is 9.80 Å². The number of aliphatic hydroxyl groups excluding tert-OH is 1. The molecule has 2 heterocycles. The average molecular weight is 378 g/mol. The molecular weight excluding hydrogens is 356 g/mol. The minimum absolute atomic E-state index is 0.0186. The van der Waals surface area contributed by atoms with E-state index in [1.165, 1.54) is 11.0 Å². The van der Waals surface area contributed by atoms with Crippen LogP contribution in [0.4, 0.5) is 16.2 Å². The van der Waals surface area contributed by atoms with Gasteiger partial charge in [0.05, 0.1) is 17.3 Å². The third kappa shape index (κ3) is 2.68. The molecule has 6 nitrogen and oxygen atoms in total. The van der Waals surface area contributed by atoms with E-state index in [0.29, 0.717) is 17.7 Å². The normalized spacial score (nSPS) is 20.2. The van der Waals surface area contributed by atoms with Gasteiger partial charge in [0.25, 0.3) is 5.91 Å². The lowest BCUT2D eigenvalue weighted by atomic mass is 10.0. The Balaban J connectivity index is 1.90. The van der Waals surface area contributed by atoms with E-state index >= 15 is 0 Å². The Labute approximate surface area is 163 Å². The lowest BCUT2D eigenvalue weighted by Gasteiger charge is -2.31. The van der Waals surface area contributed by atoms with E-state index < -0.39 is 18.4 Å². The molecule has 2 aliphatic rings. The number of ether oxygens (including phenoxy) is 1. The molecule has 0 bridgehead atoms. The van der Waals surface area contributed by atoms with Gasteiger partial charge in [-0.1, -0.05) is 30.9 Å². The number of anilines is 2. The van der Waals surface area contributed by atoms with Gasteiger partial charge < -0.3 is 14.7 Å². The first-order valence-corrected chi connectivity index (χ1v) is 9.21. The van der Waals surface area contributed by atoms with Gasteiger partial charge in [0.1, 0.15) is 6.61 Å². The van der Waals surface area contributed by atoms with Crippen molar-refractivity contribution in [3.63, 3.8) is 0 Å². The van der Waals surface area contributed by atoms with Gasteiger partial charge in [-0.2, -0.15) is 0 Å². The molecule has 0 radical (unpaired) electrons. The van der Waals surface area contributed by atoms with Gasteiger partial charge in [-0.25, -0.2) is 9.69 Å². The molecule has 28 heavy (non-hydrogen) atoms. The first-order chi connectivity index (χ1) is 13.4. The quantitative estimate of drug-likeness (QED) is 0.814. The zero-order chi connectivity index (χ0) is 20.0. The molecule has 0 saturated heterocycles. The maximum Gasteiger partial charge on any atom is 0.416 e. The van der Waals surface area contributed by atoms with E-state index in [0.717, 1.165) is 22.4 Å².